The van der Waals surface area contributed by atoms with Crippen LogP contribution in [0.25, 0.3) is 0 Å². The second-order valence-corrected chi connectivity index (χ2v) is 4.21. The summed E-state index contributed by atoms with van der Waals surface area (Å²) >= 11 is 0. The van der Waals surface area contributed by atoms with Crippen molar-refractivity contribution < 1.29 is 4.79 Å². The van der Waals surface area contributed by atoms with Gasteiger partial charge >= 0.3 is 0 Å². The van der Waals surface area contributed by atoms with E-state index in [-0.39, 0.29) is 5.78 Å². The zero-order valence-electron chi connectivity index (χ0n) is 9.71. The first-order chi connectivity index (χ1) is 7.11. The monoisotopic (exact) mass is 205 g/mol. The Hall–Kier alpha value is -1.31. The molecule has 1 N–H and O–H groups in total. The van der Waals surface area contributed by atoms with Crippen LogP contribution in [0.3, 0.4) is 0 Å². The number of hydrogen-bond acceptors (Lipinski definition) is 2. The van der Waals surface area contributed by atoms with Gasteiger partial charge in [-0.2, -0.15) is 0 Å². The highest BCUT2D eigenvalue weighted by Crippen LogP contribution is 2.15. The van der Waals surface area contributed by atoms with Gasteiger partial charge in [-0.3, -0.25) is 4.79 Å². The lowest BCUT2D eigenvalue weighted by Crippen LogP contribution is -2.08. The molecule has 0 aliphatic rings. The molecule has 0 fully saturated rings. The molecular weight excluding hydrogens is 186 g/mol. The summed E-state index contributed by atoms with van der Waals surface area (Å²) in [7, 11) is 0. The van der Waals surface area contributed by atoms with Crippen molar-refractivity contribution in [2.24, 2.45) is 5.92 Å². The molecule has 0 aliphatic carbocycles. The highest BCUT2D eigenvalue weighted by molar-refractivity contribution is 5.99. The largest absolute Gasteiger partial charge is 0.384 e. The minimum atomic E-state index is 0.114. The summed E-state index contributed by atoms with van der Waals surface area (Å²) in [5, 5.41) is 3.31. The van der Waals surface area contributed by atoms with Crippen LogP contribution in [0.5, 0.6) is 0 Å². The second kappa shape index (κ2) is 5.54. The molecular formula is C13H19NO. The molecule has 2 heteroatoms. The SMILES string of the molecule is CC(=O)c1ccccc1NCCC(C)C. The first-order valence-corrected chi connectivity index (χ1v) is 5.45. The Labute approximate surface area is 91.7 Å². The molecule has 0 bridgehead atoms. The molecule has 1 aromatic carbocycles. The van der Waals surface area contributed by atoms with Gasteiger partial charge < -0.3 is 5.32 Å². The van der Waals surface area contributed by atoms with Crippen LogP contribution in [-0.2, 0) is 0 Å². The van der Waals surface area contributed by atoms with E-state index in [1.54, 1.807) is 6.92 Å². The molecule has 0 aromatic heterocycles. The van der Waals surface area contributed by atoms with Crippen molar-refractivity contribution in [1.29, 1.82) is 0 Å². The van der Waals surface area contributed by atoms with E-state index in [9.17, 15) is 4.79 Å². The van der Waals surface area contributed by atoms with E-state index in [1.807, 2.05) is 24.3 Å². The molecule has 0 radical (unpaired) electrons. The lowest BCUT2D eigenvalue weighted by molar-refractivity contribution is 0.101. The van der Waals surface area contributed by atoms with Crippen molar-refractivity contribution in [3.05, 3.63) is 29.8 Å². The number of para-hydroxylation sites is 1. The molecule has 0 unspecified atom stereocenters. The molecule has 0 aliphatic heterocycles. The van der Waals surface area contributed by atoms with Gasteiger partial charge in [-0.05, 0) is 31.4 Å². The Bertz CT molecular complexity index is 331. The predicted molar refractivity (Wildman–Crippen MR) is 64.4 cm³/mol. The van der Waals surface area contributed by atoms with Crippen LogP contribution in [0.4, 0.5) is 5.69 Å². The van der Waals surface area contributed by atoms with Gasteiger partial charge in [0.25, 0.3) is 0 Å². The molecule has 1 aromatic rings. The van der Waals surface area contributed by atoms with E-state index in [4.69, 9.17) is 0 Å². The van der Waals surface area contributed by atoms with Gasteiger partial charge in [-0.1, -0.05) is 26.0 Å². The maximum atomic E-state index is 11.3. The summed E-state index contributed by atoms with van der Waals surface area (Å²) in [6, 6.07) is 7.66. The normalized spacial score (nSPS) is 10.4. The van der Waals surface area contributed by atoms with Gasteiger partial charge in [0.15, 0.2) is 5.78 Å². The van der Waals surface area contributed by atoms with Gasteiger partial charge in [-0.25, -0.2) is 0 Å². The molecule has 82 valence electrons. The number of hydrogen-bond donors (Lipinski definition) is 1. The molecule has 0 amide bonds. The molecule has 1 rings (SSSR count). The number of anilines is 1. The first-order valence-electron chi connectivity index (χ1n) is 5.45. The summed E-state index contributed by atoms with van der Waals surface area (Å²) in [6.07, 6.45) is 1.12. The Kier molecular flexibility index (Phi) is 4.35. The molecule has 0 saturated heterocycles. The van der Waals surface area contributed by atoms with Crippen molar-refractivity contribution in [3.8, 4) is 0 Å². The zero-order chi connectivity index (χ0) is 11.3. The molecule has 0 spiro atoms. The summed E-state index contributed by atoms with van der Waals surface area (Å²) in [6.45, 7) is 6.90. The van der Waals surface area contributed by atoms with Crippen LogP contribution in [0.2, 0.25) is 0 Å². The molecule has 0 heterocycles. The van der Waals surface area contributed by atoms with E-state index < -0.39 is 0 Å². The van der Waals surface area contributed by atoms with Crippen molar-refractivity contribution in [1.82, 2.24) is 0 Å². The Balaban J connectivity index is 2.63. The van der Waals surface area contributed by atoms with E-state index in [0.717, 1.165) is 24.2 Å². The highest BCUT2D eigenvalue weighted by atomic mass is 16.1. The van der Waals surface area contributed by atoms with Gasteiger partial charge in [0.2, 0.25) is 0 Å². The third-order valence-electron chi connectivity index (χ3n) is 2.34. The van der Waals surface area contributed by atoms with Crippen LogP contribution >= 0.6 is 0 Å². The van der Waals surface area contributed by atoms with Gasteiger partial charge in [0.1, 0.15) is 0 Å². The number of nitrogens with one attached hydrogen (secondary N) is 1. The summed E-state index contributed by atoms with van der Waals surface area (Å²) in [5.74, 6) is 0.796. The number of benzene rings is 1. The summed E-state index contributed by atoms with van der Waals surface area (Å²) < 4.78 is 0. The Morgan fingerprint density at radius 3 is 2.60 bits per heavy atom. The molecule has 0 atom stereocenters. The van der Waals surface area contributed by atoms with E-state index >= 15 is 0 Å². The fourth-order valence-corrected chi connectivity index (χ4v) is 1.44. The van der Waals surface area contributed by atoms with Gasteiger partial charge in [0, 0.05) is 17.8 Å². The van der Waals surface area contributed by atoms with E-state index in [0.29, 0.717) is 5.92 Å². The van der Waals surface area contributed by atoms with Crippen LogP contribution < -0.4 is 5.32 Å². The number of carbonyl (C=O) groups excluding carboxylic acids is 1. The van der Waals surface area contributed by atoms with Crippen LogP contribution in [-0.4, -0.2) is 12.3 Å². The standard InChI is InChI=1S/C13H19NO/c1-10(2)8-9-14-13-7-5-4-6-12(13)11(3)15/h4-7,10,14H,8-9H2,1-3H3. The fraction of sp³-hybridized carbons (Fsp3) is 0.462. The number of rotatable bonds is 5. The predicted octanol–water partition coefficient (Wildman–Crippen LogP) is 3.35. The maximum absolute atomic E-state index is 11.3. The van der Waals surface area contributed by atoms with Gasteiger partial charge in [0.05, 0.1) is 0 Å². The van der Waals surface area contributed by atoms with Crippen molar-refractivity contribution in [2.45, 2.75) is 27.2 Å². The fourth-order valence-electron chi connectivity index (χ4n) is 1.44. The maximum Gasteiger partial charge on any atom is 0.161 e. The topological polar surface area (TPSA) is 29.1 Å². The third-order valence-corrected chi connectivity index (χ3v) is 2.34. The quantitative estimate of drug-likeness (QED) is 0.747. The van der Waals surface area contributed by atoms with Crippen molar-refractivity contribution in [3.63, 3.8) is 0 Å². The average Bonchev–Trinajstić information content (AvgIpc) is 2.17. The second-order valence-electron chi connectivity index (χ2n) is 4.21. The lowest BCUT2D eigenvalue weighted by Gasteiger charge is -2.11. The summed E-state index contributed by atoms with van der Waals surface area (Å²) in [4.78, 5) is 11.3. The molecule has 2 nitrogen and oxygen atoms in total. The zero-order valence-corrected chi connectivity index (χ0v) is 9.71. The smallest absolute Gasteiger partial charge is 0.161 e. The minimum absolute atomic E-state index is 0.114. The number of Topliss-reactive ketones (excluding diaryl/α,β-unsaturated/α-hetero) is 1. The number of carbonyl (C=O) groups is 1. The van der Waals surface area contributed by atoms with Crippen LogP contribution in [0.15, 0.2) is 24.3 Å². The van der Waals surface area contributed by atoms with Gasteiger partial charge in [-0.15, -0.1) is 0 Å². The lowest BCUT2D eigenvalue weighted by atomic mass is 10.1. The Morgan fingerprint density at radius 1 is 1.33 bits per heavy atom. The third kappa shape index (κ3) is 3.74. The average molecular weight is 205 g/mol. The first kappa shape index (κ1) is 11.8. The minimum Gasteiger partial charge on any atom is -0.384 e. The van der Waals surface area contributed by atoms with Crippen molar-refractivity contribution >= 4 is 11.5 Å². The van der Waals surface area contributed by atoms with E-state index in [1.165, 1.54) is 0 Å². The van der Waals surface area contributed by atoms with Crippen LogP contribution in [0, 0.1) is 5.92 Å². The molecule has 0 saturated carbocycles. The molecule has 15 heavy (non-hydrogen) atoms. The van der Waals surface area contributed by atoms with Crippen LogP contribution in [0.1, 0.15) is 37.6 Å². The highest BCUT2D eigenvalue weighted by Gasteiger charge is 2.05. The van der Waals surface area contributed by atoms with Crippen molar-refractivity contribution in [2.75, 3.05) is 11.9 Å². The number of ketones is 1. The Morgan fingerprint density at radius 2 is 2.00 bits per heavy atom. The summed E-state index contributed by atoms with van der Waals surface area (Å²) in [5.41, 5.74) is 1.73. The van der Waals surface area contributed by atoms with E-state index in [2.05, 4.69) is 19.2 Å².